The van der Waals surface area contributed by atoms with E-state index in [2.05, 4.69) is 9.47 Å². The molecule has 0 bridgehead atoms. The molecule has 0 fully saturated rings. The molecule has 0 saturated carbocycles. The first kappa shape index (κ1) is 9.27. The molecule has 0 spiro atoms. The summed E-state index contributed by atoms with van der Waals surface area (Å²) in [6.45, 7) is 5.67. The summed E-state index contributed by atoms with van der Waals surface area (Å²) in [6.07, 6.45) is 1.03. The fourth-order valence-electron chi connectivity index (χ4n) is 0.378. The Morgan fingerprint density at radius 3 is 2.60 bits per heavy atom. The van der Waals surface area contributed by atoms with Crippen molar-refractivity contribution >= 4 is 6.16 Å². The SMILES string of the molecule is C[CH]COC(=O)OC(C)C. The van der Waals surface area contributed by atoms with Crippen molar-refractivity contribution in [2.45, 2.75) is 26.9 Å². The van der Waals surface area contributed by atoms with Crippen molar-refractivity contribution in [3.05, 3.63) is 6.42 Å². The molecule has 0 heterocycles. The van der Waals surface area contributed by atoms with E-state index in [4.69, 9.17) is 0 Å². The highest BCUT2D eigenvalue weighted by molar-refractivity contribution is 5.60. The van der Waals surface area contributed by atoms with Crippen LogP contribution in [0.3, 0.4) is 0 Å². The van der Waals surface area contributed by atoms with Crippen LogP contribution in [0.5, 0.6) is 0 Å². The van der Waals surface area contributed by atoms with E-state index < -0.39 is 6.16 Å². The quantitative estimate of drug-likeness (QED) is 0.568. The van der Waals surface area contributed by atoms with Crippen LogP contribution >= 0.6 is 0 Å². The summed E-state index contributed by atoms with van der Waals surface area (Å²) < 4.78 is 9.26. The molecule has 0 aromatic heterocycles. The van der Waals surface area contributed by atoms with Gasteiger partial charge in [-0.3, -0.25) is 0 Å². The highest BCUT2D eigenvalue weighted by Crippen LogP contribution is 1.92. The van der Waals surface area contributed by atoms with Gasteiger partial charge in [0, 0.05) is 0 Å². The molecular weight excluding hydrogens is 132 g/mol. The van der Waals surface area contributed by atoms with Crippen molar-refractivity contribution in [3.8, 4) is 0 Å². The summed E-state index contributed by atoms with van der Waals surface area (Å²) in [5, 5.41) is 0. The number of hydrogen-bond acceptors (Lipinski definition) is 3. The van der Waals surface area contributed by atoms with Crippen LogP contribution in [0.1, 0.15) is 20.8 Å². The maximum Gasteiger partial charge on any atom is 0.508 e. The van der Waals surface area contributed by atoms with Gasteiger partial charge in [0.1, 0.15) is 0 Å². The second-order valence-corrected chi connectivity index (χ2v) is 2.14. The molecule has 10 heavy (non-hydrogen) atoms. The molecule has 0 aromatic rings. The molecule has 0 unspecified atom stereocenters. The largest absolute Gasteiger partial charge is 0.508 e. The third-order valence-corrected chi connectivity index (χ3v) is 0.700. The Labute approximate surface area is 61.3 Å². The molecule has 0 rings (SSSR count). The van der Waals surface area contributed by atoms with Gasteiger partial charge in [-0.15, -0.1) is 0 Å². The van der Waals surface area contributed by atoms with Crippen molar-refractivity contribution in [3.63, 3.8) is 0 Å². The van der Waals surface area contributed by atoms with Crippen molar-refractivity contribution in [1.82, 2.24) is 0 Å². The summed E-state index contributed by atoms with van der Waals surface area (Å²) >= 11 is 0. The summed E-state index contributed by atoms with van der Waals surface area (Å²) in [4.78, 5) is 10.5. The molecule has 0 aliphatic carbocycles. The summed E-state index contributed by atoms with van der Waals surface area (Å²) in [5.74, 6) is 0. The number of ether oxygens (including phenoxy) is 2. The summed E-state index contributed by atoms with van der Waals surface area (Å²) in [7, 11) is 0. The Hall–Kier alpha value is -0.730. The van der Waals surface area contributed by atoms with E-state index in [1.54, 1.807) is 20.3 Å². The maximum atomic E-state index is 10.5. The van der Waals surface area contributed by atoms with Gasteiger partial charge in [-0.05, 0) is 20.3 Å². The van der Waals surface area contributed by atoms with Crippen molar-refractivity contribution in [1.29, 1.82) is 0 Å². The van der Waals surface area contributed by atoms with Crippen LogP contribution < -0.4 is 0 Å². The third kappa shape index (κ3) is 5.41. The average molecular weight is 145 g/mol. The molecule has 1 radical (unpaired) electrons. The minimum atomic E-state index is -0.604. The first-order valence-electron chi connectivity index (χ1n) is 3.28. The van der Waals surface area contributed by atoms with E-state index in [9.17, 15) is 4.79 Å². The number of carbonyl (C=O) groups excluding carboxylic acids is 1. The standard InChI is InChI=1S/C7H13O3/c1-4-5-9-7(8)10-6(2)3/h4,6H,5H2,1-3H3. The fraction of sp³-hybridized carbons (Fsp3) is 0.714. The highest BCUT2D eigenvalue weighted by atomic mass is 16.7. The van der Waals surface area contributed by atoms with Gasteiger partial charge in [-0.2, -0.15) is 0 Å². The topological polar surface area (TPSA) is 35.5 Å². The molecule has 3 nitrogen and oxygen atoms in total. The van der Waals surface area contributed by atoms with Crippen LogP contribution in [0.25, 0.3) is 0 Å². The molecule has 0 aliphatic heterocycles. The third-order valence-electron chi connectivity index (χ3n) is 0.700. The first-order valence-corrected chi connectivity index (χ1v) is 3.28. The van der Waals surface area contributed by atoms with Gasteiger partial charge < -0.3 is 9.47 Å². The lowest BCUT2D eigenvalue weighted by Crippen LogP contribution is -2.13. The van der Waals surface area contributed by atoms with E-state index in [0.717, 1.165) is 0 Å². The predicted octanol–water partition coefficient (Wildman–Crippen LogP) is 1.77. The van der Waals surface area contributed by atoms with E-state index in [1.807, 2.05) is 6.92 Å². The molecular formula is C7H13O3. The fourth-order valence-corrected chi connectivity index (χ4v) is 0.378. The van der Waals surface area contributed by atoms with Crippen molar-refractivity contribution < 1.29 is 14.3 Å². The zero-order valence-electron chi connectivity index (χ0n) is 6.59. The van der Waals surface area contributed by atoms with Crippen molar-refractivity contribution in [2.75, 3.05) is 6.61 Å². The Balaban J connectivity index is 3.26. The normalized spacial score (nSPS) is 9.60. The van der Waals surface area contributed by atoms with Crippen LogP contribution in [0.15, 0.2) is 0 Å². The number of carbonyl (C=O) groups is 1. The van der Waals surface area contributed by atoms with Crippen LogP contribution in [-0.2, 0) is 9.47 Å². The van der Waals surface area contributed by atoms with E-state index in [-0.39, 0.29) is 6.10 Å². The molecule has 0 saturated heterocycles. The molecule has 59 valence electrons. The Morgan fingerprint density at radius 2 is 2.20 bits per heavy atom. The smallest absolute Gasteiger partial charge is 0.434 e. The summed E-state index contributed by atoms with van der Waals surface area (Å²) in [6, 6.07) is 0. The minimum Gasteiger partial charge on any atom is -0.434 e. The first-order chi connectivity index (χ1) is 4.66. The van der Waals surface area contributed by atoms with Gasteiger partial charge in [-0.1, -0.05) is 6.92 Å². The van der Waals surface area contributed by atoms with Gasteiger partial charge >= 0.3 is 6.16 Å². The van der Waals surface area contributed by atoms with Crippen LogP contribution in [0, 0.1) is 6.42 Å². The van der Waals surface area contributed by atoms with E-state index in [1.165, 1.54) is 0 Å². The molecule has 0 aromatic carbocycles. The second-order valence-electron chi connectivity index (χ2n) is 2.14. The molecule has 0 amide bonds. The van der Waals surface area contributed by atoms with Gasteiger partial charge in [0.2, 0.25) is 0 Å². The van der Waals surface area contributed by atoms with Crippen LogP contribution in [-0.4, -0.2) is 18.9 Å². The minimum absolute atomic E-state index is 0.107. The maximum absolute atomic E-state index is 10.5. The predicted molar refractivity (Wildman–Crippen MR) is 37.5 cm³/mol. The average Bonchev–Trinajstić information content (AvgIpc) is 1.82. The van der Waals surface area contributed by atoms with Crippen LogP contribution in [0.2, 0.25) is 0 Å². The molecule has 3 heteroatoms. The second kappa shape index (κ2) is 5.09. The molecule has 0 aliphatic rings. The van der Waals surface area contributed by atoms with E-state index in [0.29, 0.717) is 6.61 Å². The zero-order chi connectivity index (χ0) is 7.98. The van der Waals surface area contributed by atoms with Crippen molar-refractivity contribution in [2.24, 2.45) is 0 Å². The highest BCUT2D eigenvalue weighted by Gasteiger charge is 2.03. The Morgan fingerprint density at radius 1 is 1.60 bits per heavy atom. The number of hydrogen-bond donors (Lipinski definition) is 0. The van der Waals surface area contributed by atoms with Gasteiger partial charge in [0.25, 0.3) is 0 Å². The number of rotatable bonds is 3. The van der Waals surface area contributed by atoms with Crippen LogP contribution in [0.4, 0.5) is 4.79 Å². The Bertz CT molecular complexity index is 99.0. The summed E-state index contributed by atoms with van der Waals surface area (Å²) in [5.41, 5.74) is 0. The van der Waals surface area contributed by atoms with Gasteiger partial charge in [0.15, 0.2) is 0 Å². The monoisotopic (exact) mass is 145 g/mol. The lowest BCUT2D eigenvalue weighted by molar-refractivity contribution is 0.0395. The van der Waals surface area contributed by atoms with Gasteiger partial charge in [0.05, 0.1) is 12.7 Å². The Kier molecular flexibility index (Phi) is 4.72. The molecule has 0 N–H and O–H groups in total. The van der Waals surface area contributed by atoms with Gasteiger partial charge in [-0.25, -0.2) is 4.79 Å². The lowest BCUT2D eigenvalue weighted by atomic mass is 10.5. The zero-order valence-corrected chi connectivity index (χ0v) is 6.59. The lowest BCUT2D eigenvalue weighted by Gasteiger charge is -2.06. The van der Waals surface area contributed by atoms with E-state index >= 15 is 0 Å². The molecule has 0 atom stereocenters.